The fourth-order valence-electron chi connectivity index (χ4n) is 0.940. The summed E-state index contributed by atoms with van der Waals surface area (Å²) < 4.78 is 4.38. The molecular formula is C8H8O5S. The van der Waals surface area contributed by atoms with Crippen LogP contribution in [0.2, 0.25) is 0 Å². The molecule has 0 aromatic carbocycles. The topological polar surface area (TPSA) is 83.8 Å². The van der Waals surface area contributed by atoms with Gasteiger partial charge in [0.1, 0.15) is 10.6 Å². The zero-order valence-electron chi connectivity index (χ0n) is 7.53. The minimum Gasteiger partial charge on any atom is -0.506 e. The Labute approximate surface area is 83.6 Å². The first-order valence-corrected chi connectivity index (χ1v) is 4.44. The number of thiophene rings is 1. The number of methoxy groups -OCH3 is 1. The van der Waals surface area contributed by atoms with E-state index in [1.54, 1.807) is 0 Å². The van der Waals surface area contributed by atoms with Crippen LogP contribution in [0.4, 0.5) is 0 Å². The van der Waals surface area contributed by atoms with Crippen LogP contribution in [0.1, 0.15) is 24.9 Å². The van der Waals surface area contributed by atoms with Gasteiger partial charge in [-0.25, -0.2) is 9.59 Å². The van der Waals surface area contributed by atoms with Gasteiger partial charge in [0.25, 0.3) is 0 Å². The minimum atomic E-state index is -1.17. The van der Waals surface area contributed by atoms with Crippen LogP contribution in [-0.4, -0.2) is 29.3 Å². The van der Waals surface area contributed by atoms with Gasteiger partial charge in [0, 0.05) is 5.56 Å². The van der Waals surface area contributed by atoms with Crippen LogP contribution < -0.4 is 0 Å². The maximum Gasteiger partial charge on any atom is 0.351 e. The first-order chi connectivity index (χ1) is 6.49. The summed E-state index contributed by atoms with van der Waals surface area (Å²) in [5, 5.41) is 18.1. The maximum absolute atomic E-state index is 11.1. The van der Waals surface area contributed by atoms with Crippen molar-refractivity contribution in [2.75, 3.05) is 7.11 Å². The molecule has 6 heteroatoms. The monoisotopic (exact) mass is 216 g/mol. The number of carboxylic acid groups (broad SMARTS) is 1. The zero-order chi connectivity index (χ0) is 10.9. The number of carbonyl (C=O) groups excluding carboxylic acids is 1. The summed E-state index contributed by atoms with van der Waals surface area (Å²) in [5.41, 5.74) is 0.183. The van der Waals surface area contributed by atoms with E-state index < -0.39 is 11.9 Å². The van der Waals surface area contributed by atoms with E-state index in [-0.39, 0.29) is 21.1 Å². The number of aromatic carboxylic acids is 1. The standard InChI is InChI=1S/C8H8O5S/c1-3-4(9)6(8(12)13-2)14-5(3)7(10)11/h9H,1-2H3,(H,10,11). The second-order valence-corrected chi connectivity index (χ2v) is 3.55. The molecule has 0 aliphatic heterocycles. The van der Waals surface area contributed by atoms with Crippen molar-refractivity contribution in [2.45, 2.75) is 6.92 Å². The molecule has 1 aromatic rings. The first kappa shape index (κ1) is 10.5. The number of hydrogen-bond donors (Lipinski definition) is 2. The number of esters is 1. The summed E-state index contributed by atoms with van der Waals surface area (Å²) in [4.78, 5) is 21.6. The van der Waals surface area contributed by atoms with Crippen LogP contribution in [0.15, 0.2) is 0 Å². The van der Waals surface area contributed by atoms with Gasteiger partial charge in [-0.1, -0.05) is 0 Å². The van der Waals surface area contributed by atoms with Crippen molar-refractivity contribution < 1.29 is 24.5 Å². The molecule has 0 aliphatic carbocycles. The second-order valence-electron chi connectivity index (χ2n) is 2.53. The van der Waals surface area contributed by atoms with E-state index in [0.717, 1.165) is 7.11 Å². The fraction of sp³-hybridized carbons (Fsp3) is 0.250. The number of carbonyl (C=O) groups is 2. The van der Waals surface area contributed by atoms with Crippen LogP contribution >= 0.6 is 11.3 Å². The summed E-state index contributed by atoms with van der Waals surface area (Å²) in [6, 6.07) is 0. The molecule has 76 valence electrons. The van der Waals surface area contributed by atoms with E-state index in [2.05, 4.69) is 4.74 Å². The molecule has 5 nitrogen and oxygen atoms in total. The van der Waals surface area contributed by atoms with Gasteiger partial charge >= 0.3 is 11.9 Å². The van der Waals surface area contributed by atoms with E-state index in [1.165, 1.54) is 6.92 Å². The number of rotatable bonds is 2. The van der Waals surface area contributed by atoms with Crippen LogP contribution in [0.3, 0.4) is 0 Å². The highest BCUT2D eigenvalue weighted by Crippen LogP contribution is 2.34. The van der Waals surface area contributed by atoms with E-state index in [9.17, 15) is 14.7 Å². The lowest BCUT2D eigenvalue weighted by Gasteiger charge is -1.94. The van der Waals surface area contributed by atoms with Crippen molar-refractivity contribution in [3.05, 3.63) is 15.3 Å². The van der Waals surface area contributed by atoms with Crippen molar-refractivity contribution in [1.29, 1.82) is 0 Å². The van der Waals surface area contributed by atoms with E-state index in [0.29, 0.717) is 11.3 Å². The lowest BCUT2D eigenvalue weighted by atomic mass is 10.2. The normalized spacial score (nSPS) is 9.86. The summed E-state index contributed by atoms with van der Waals surface area (Å²) in [6.45, 7) is 1.43. The molecule has 0 aliphatic rings. The molecule has 0 saturated heterocycles. The number of carboxylic acids is 1. The Kier molecular flexibility index (Phi) is 2.76. The van der Waals surface area contributed by atoms with Crippen molar-refractivity contribution in [1.82, 2.24) is 0 Å². The van der Waals surface area contributed by atoms with Crippen molar-refractivity contribution in [3.63, 3.8) is 0 Å². The van der Waals surface area contributed by atoms with Gasteiger partial charge in [-0.05, 0) is 6.92 Å². The third kappa shape index (κ3) is 1.56. The average Bonchev–Trinajstić information content (AvgIpc) is 2.43. The average molecular weight is 216 g/mol. The predicted octanol–water partition coefficient (Wildman–Crippen LogP) is 1.25. The minimum absolute atomic E-state index is 0.0529. The Bertz CT molecular complexity index is 393. The lowest BCUT2D eigenvalue weighted by Crippen LogP contribution is -1.97. The molecule has 0 bridgehead atoms. The highest BCUT2D eigenvalue weighted by Gasteiger charge is 2.23. The number of aromatic hydroxyl groups is 1. The number of hydrogen-bond acceptors (Lipinski definition) is 5. The Balaban J connectivity index is 3.28. The molecule has 0 amide bonds. The summed E-state index contributed by atoms with van der Waals surface area (Å²) >= 11 is 0.703. The Morgan fingerprint density at radius 2 is 1.93 bits per heavy atom. The Hall–Kier alpha value is -1.56. The van der Waals surface area contributed by atoms with Gasteiger partial charge in [0.15, 0.2) is 4.88 Å². The predicted molar refractivity (Wildman–Crippen MR) is 49.0 cm³/mol. The molecular weight excluding hydrogens is 208 g/mol. The third-order valence-electron chi connectivity index (χ3n) is 1.68. The van der Waals surface area contributed by atoms with Gasteiger partial charge in [-0.3, -0.25) is 0 Å². The fourth-order valence-corrected chi connectivity index (χ4v) is 1.90. The molecule has 0 saturated carbocycles. The van der Waals surface area contributed by atoms with Crippen LogP contribution in [0.5, 0.6) is 5.75 Å². The largest absolute Gasteiger partial charge is 0.506 e. The third-order valence-corrected chi connectivity index (χ3v) is 2.93. The van der Waals surface area contributed by atoms with E-state index in [4.69, 9.17) is 5.11 Å². The molecule has 0 atom stereocenters. The molecule has 14 heavy (non-hydrogen) atoms. The van der Waals surface area contributed by atoms with Crippen LogP contribution in [0, 0.1) is 6.92 Å². The maximum atomic E-state index is 11.1. The smallest absolute Gasteiger partial charge is 0.351 e. The molecule has 0 unspecified atom stereocenters. The van der Waals surface area contributed by atoms with Gasteiger partial charge in [0.05, 0.1) is 7.11 Å². The van der Waals surface area contributed by atoms with Gasteiger partial charge in [0.2, 0.25) is 0 Å². The molecule has 1 heterocycles. The summed E-state index contributed by atoms with van der Waals surface area (Å²) in [5.74, 6) is -2.22. The molecule has 1 aromatic heterocycles. The SMILES string of the molecule is COC(=O)c1sc(C(=O)O)c(C)c1O. The van der Waals surface area contributed by atoms with Crippen LogP contribution in [-0.2, 0) is 4.74 Å². The van der Waals surface area contributed by atoms with E-state index >= 15 is 0 Å². The molecule has 0 fully saturated rings. The number of ether oxygens (including phenoxy) is 1. The summed E-state index contributed by atoms with van der Waals surface area (Å²) in [7, 11) is 1.16. The van der Waals surface area contributed by atoms with Crippen LogP contribution in [0.25, 0.3) is 0 Å². The molecule has 0 spiro atoms. The second kappa shape index (κ2) is 3.67. The molecule has 0 radical (unpaired) electrons. The summed E-state index contributed by atoms with van der Waals surface area (Å²) in [6.07, 6.45) is 0. The van der Waals surface area contributed by atoms with E-state index in [1.807, 2.05) is 0 Å². The van der Waals surface area contributed by atoms with Crippen molar-refractivity contribution >= 4 is 23.3 Å². The van der Waals surface area contributed by atoms with Gasteiger partial charge < -0.3 is 14.9 Å². The van der Waals surface area contributed by atoms with Gasteiger partial charge in [-0.2, -0.15) is 0 Å². The van der Waals surface area contributed by atoms with Crippen molar-refractivity contribution in [2.24, 2.45) is 0 Å². The first-order valence-electron chi connectivity index (χ1n) is 3.63. The zero-order valence-corrected chi connectivity index (χ0v) is 8.34. The quantitative estimate of drug-likeness (QED) is 0.727. The lowest BCUT2D eigenvalue weighted by molar-refractivity contribution is 0.0602. The highest BCUT2D eigenvalue weighted by atomic mass is 32.1. The Morgan fingerprint density at radius 1 is 1.36 bits per heavy atom. The van der Waals surface area contributed by atoms with Crippen molar-refractivity contribution in [3.8, 4) is 5.75 Å². The Morgan fingerprint density at radius 3 is 2.29 bits per heavy atom. The molecule has 1 rings (SSSR count). The highest BCUT2D eigenvalue weighted by molar-refractivity contribution is 7.16. The van der Waals surface area contributed by atoms with Gasteiger partial charge in [-0.15, -0.1) is 11.3 Å². The molecule has 2 N–H and O–H groups in total.